The molecular formula is C16H28O4. The smallest absolute Gasteiger partial charge is 0.307 e. The zero-order valence-electron chi connectivity index (χ0n) is 12.5. The first kappa shape index (κ1) is 18.7. The first-order chi connectivity index (χ1) is 9.57. The molecule has 0 radical (unpaired) electrons. The van der Waals surface area contributed by atoms with E-state index in [2.05, 4.69) is 13.0 Å². The summed E-state index contributed by atoms with van der Waals surface area (Å²) in [6.45, 7) is 2.21. The summed E-state index contributed by atoms with van der Waals surface area (Å²) >= 11 is 0. The van der Waals surface area contributed by atoms with E-state index >= 15 is 0 Å². The Morgan fingerprint density at radius 3 is 2.15 bits per heavy atom. The van der Waals surface area contributed by atoms with Gasteiger partial charge in [0.25, 0.3) is 0 Å². The van der Waals surface area contributed by atoms with E-state index in [1.165, 1.54) is 38.5 Å². The summed E-state index contributed by atoms with van der Waals surface area (Å²) in [5.74, 6) is -2.84. The number of unbranched alkanes of at least 4 members (excludes halogenated alkanes) is 6. The maximum Gasteiger partial charge on any atom is 0.307 e. The Morgan fingerprint density at radius 1 is 0.950 bits per heavy atom. The van der Waals surface area contributed by atoms with Crippen LogP contribution in [-0.2, 0) is 9.59 Å². The fourth-order valence-electron chi connectivity index (χ4n) is 2.10. The molecule has 0 fully saturated rings. The topological polar surface area (TPSA) is 74.6 Å². The van der Waals surface area contributed by atoms with Crippen molar-refractivity contribution >= 4 is 11.9 Å². The fourth-order valence-corrected chi connectivity index (χ4v) is 2.10. The van der Waals surface area contributed by atoms with Crippen molar-refractivity contribution in [3.8, 4) is 0 Å². The van der Waals surface area contributed by atoms with Gasteiger partial charge in [0, 0.05) is 0 Å². The number of rotatable bonds is 13. The molecule has 4 heteroatoms. The number of carboxylic acid groups (broad SMARTS) is 2. The number of carbonyl (C=O) groups is 2. The lowest BCUT2D eigenvalue weighted by atomic mass is 9.99. The van der Waals surface area contributed by atoms with Crippen LogP contribution >= 0.6 is 0 Å². The molecule has 0 amide bonds. The van der Waals surface area contributed by atoms with Gasteiger partial charge in [0.1, 0.15) is 0 Å². The molecule has 0 saturated heterocycles. The second kappa shape index (κ2) is 12.7. The van der Waals surface area contributed by atoms with Gasteiger partial charge in [0.15, 0.2) is 0 Å². The van der Waals surface area contributed by atoms with Crippen LogP contribution in [0, 0.1) is 5.92 Å². The van der Waals surface area contributed by atoms with Crippen LogP contribution in [0.5, 0.6) is 0 Å². The monoisotopic (exact) mass is 284 g/mol. The lowest BCUT2D eigenvalue weighted by molar-refractivity contribution is -0.148. The predicted molar refractivity (Wildman–Crippen MR) is 79.7 cm³/mol. The van der Waals surface area contributed by atoms with Gasteiger partial charge in [-0.05, 0) is 25.7 Å². The summed E-state index contributed by atoms with van der Waals surface area (Å²) in [4.78, 5) is 21.4. The molecule has 116 valence electrons. The van der Waals surface area contributed by atoms with E-state index in [0.29, 0.717) is 12.8 Å². The van der Waals surface area contributed by atoms with Gasteiger partial charge in [-0.15, -0.1) is 0 Å². The third-order valence-electron chi connectivity index (χ3n) is 3.34. The molecule has 0 aromatic heterocycles. The second-order valence-electron chi connectivity index (χ2n) is 5.24. The third-order valence-corrected chi connectivity index (χ3v) is 3.34. The predicted octanol–water partition coefficient (Wildman–Crippen LogP) is 4.25. The lowest BCUT2D eigenvalue weighted by Gasteiger charge is -2.07. The fraction of sp³-hybridized carbons (Fsp3) is 0.750. The van der Waals surface area contributed by atoms with Crippen molar-refractivity contribution in [2.24, 2.45) is 5.92 Å². The Kier molecular flexibility index (Phi) is 11.9. The minimum atomic E-state index is -1.05. The summed E-state index contributed by atoms with van der Waals surface area (Å²) in [6, 6.07) is 0. The van der Waals surface area contributed by atoms with Crippen LogP contribution in [-0.4, -0.2) is 22.2 Å². The largest absolute Gasteiger partial charge is 0.481 e. The van der Waals surface area contributed by atoms with Crippen molar-refractivity contribution < 1.29 is 19.8 Å². The van der Waals surface area contributed by atoms with Crippen LogP contribution in [0.15, 0.2) is 12.2 Å². The van der Waals surface area contributed by atoms with Crippen molar-refractivity contribution in [1.29, 1.82) is 0 Å². The molecule has 0 bridgehead atoms. The van der Waals surface area contributed by atoms with E-state index in [-0.39, 0.29) is 6.42 Å². The number of aliphatic carboxylic acids is 2. The van der Waals surface area contributed by atoms with Gasteiger partial charge >= 0.3 is 11.9 Å². The summed E-state index contributed by atoms with van der Waals surface area (Å²) in [6.07, 6.45) is 13.5. The van der Waals surface area contributed by atoms with E-state index in [9.17, 15) is 9.59 Å². The molecule has 0 spiro atoms. The molecule has 0 aromatic rings. The number of carboxylic acids is 2. The Hall–Kier alpha value is -1.32. The molecule has 0 aromatic carbocycles. The van der Waals surface area contributed by atoms with Crippen LogP contribution in [0.25, 0.3) is 0 Å². The van der Waals surface area contributed by atoms with Gasteiger partial charge in [-0.3, -0.25) is 9.59 Å². The van der Waals surface area contributed by atoms with Crippen LogP contribution in [0.1, 0.15) is 71.1 Å². The van der Waals surface area contributed by atoms with Crippen LogP contribution in [0.4, 0.5) is 0 Å². The molecule has 1 unspecified atom stereocenters. The van der Waals surface area contributed by atoms with Crippen LogP contribution < -0.4 is 0 Å². The number of hydrogen-bond donors (Lipinski definition) is 2. The van der Waals surface area contributed by atoms with Crippen molar-refractivity contribution in [3.05, 3.63) is 12.2 Å². The van der Waals surface area contributed by atoms with Crippen molar-refractivity contribution in [1.82, 2.24) is 0 Å². The van der Waals surface area contributed by atoms with Crippen molar-refractivity contribution in [2.45, 2.75) is 71.1 Å². The highest BCUT2D eigenvalue weighted by atomic mass is 16.4. The van der Waals surface area contributed by atoms with E-state index in [4.69, 9.17) is 10.2 Å². The normalized spacial score (nSPS) is 12.7. The lowest BCUT2D eigenvalue weighted by Crippen LogP contribution is -2.17. The Morgan fingerprint density at radius 2 is 1.55 bits per heavy atom. The van der Waals surface area contributed by atoms with Crippen LogP contribution in [0.2, 0.25) is 0 Å². The highest BCUT2D eigenvalue weighted by Crippen LogP contribution is 2.13. The summed E-state index contributed by atoms with van der Waals surface area (Å²) in [5, 5.41) is 17.5. The Bertz CT molecular complexity index is 297. The molecular weight excluding hydrogens is 256 g/mol. The van der Waals surface area contributed by atoms with Gasteiger partial charge in [0.05, 0.1) is 12.3 Å². The number of allylic oxidation sites excluding steroid dienone is 2. The molecule has 2 N–H and O–H groups in total. The Labute approximate surface area is 121 Å². The van der Waals surface area contributed by atoms with Gasteiger partial charge < -0.3 is 10.2 Å². The average molecular weight is 284 g/mol. The van der Waals surface area contributed by atoms with Gasteiger partial charge in [-0.2, -0.15) is 0 Å². The van der Waals surface area contributed by atoms with Gasteiger partial charge in [-0.1, -0.05) is 51.2 Å². The molecule has 0 heterocycles. The zero-order chi connectivity index (χ0) is 15.2. The molecule has 20 heavy (non-hydrogen) atoms. The van der Waals surface area contributed by atoms with Crippen LogP contribution in [0.3, 0.4) is 0 Å². The number of hydrogen-bond acceptors (Lipinski definition) is 2. The average Bonchev–Trinajstić information content (AvgIpc) is 2.39. The van der Waals surface area contributed by atoms with Crippen molar-refractivity contribution in [2.75, 3.05) is 0 Å². The minimum Gasteiger partial charge on any atom is -0.481 e. The third kappa shape index (κ3) is 11.8. The summed E-state index contributed by atoms with van der Waals surface area (Å²) in [5.41, 5.74) is 0. The maximum atomic E-state index is 10.8. The van der Waals surface area contributed by atoms with Gasteiger partial charge in [-0.25, -0.2) is 0 Å². The molecule has 0 aliphatic heterocycles. The maximum absolute atomic E-state index is 10.8. The first-order valence-electron chi connectivity index (χ1n) is 7.67. The molecule has 0 aliphatic rings. The summed E-state index contributed by atoms with van der Waals surface area (Å²) < 4.78 is 0. The first-order valence-corrected chi connectivity index (χ1v) is 7.67. The van der Waals surface area contributed by atoms with E-state index in [1.54, 1.807) is 0 Å². The SMILES string of the molecule is CCCCCCCC/C=C/CCC(CC(=O)O)C(=O)O. The Balaban J connectivity index is 3.58. The van der Waals surface area contributed by atoms with Crippen molar-refractivity contribution in [3.63, 3.8) is 0 Å². The zero-order valence-corrected chi connectivity index (χ0v) is 12.5. The quantitative estimate of drug-likeness (QED) is 0.391. The highest BCUT2D eigenvalue weighted by Gasteiger charge is 2.19. The molecule has 0 aliphatic carbocycles. The van der Waals surface area contributed by atoms with E-state index < -0.39 is 17.9 Å². The minimum absolute atomic E-state index is 0.291. The highest BCUT2D eigenvalue weighted by molar-refractivity contribution is 5.77. The molecule has 4 nitrogen and oxygen atoms in total. The molecule has 0 saturated carbocycles. The standard InChI is InChI=1S/C16H28O4/c1-2-3-4-5-6-7-8-9-10-11-12-14(16(19)20)13-15(17)18/h9-10,14H,2-8,11-13H2,1H3,(H,17,18)(H,19,20)/b10-9+. The van der Waals surface area contributed by atoms with E-state index in [0.717, 1.165) is 6.42 Å². The molecule has 1 atom stereocenters. The molecule has 0 rings (SSSR count). The second-order valence-corrected chi connectivity index (χ2v) is 5.24. The van der Waals surface area contributed by atoms with E-state index in [1.807, 2.05) is 6.08 Å². The van der Waals surface area contributed by atoms with Gasteiger partial charge in [0.2, 0.25) is 0 Å². The summed E-state index contributed by atoms with van der Waals surface area (Å²) in [7, 11) is 0.